The quantitative estimate of drug-likeness (QED) is 0.169. The summed E-state index contributed by atoms with van der Waals surface area (Å²) in [4.78, 5) is 16.1. The molecule has 0 spiro atoms. The summed E-state index contributed by atoms with van der Waals surface area (Å²) in [6, 6.07) is 65.4. The van der Waals surface area contributed by atoms with Crippen LogP contribution in [-0.2, 0) is 5.41 Å². The molecule has 0 fully saturated rings. The molecule has 4 heteroatoms. The first kappa shape index (κ1) is 32.8. The molecule has 0 unspecified atom stereocenters. The van der Waals surface area contributed by atoms with E-state index in [2.05, 4.69) is 182 Å². The van der Waals surface area contributed by atoms with Gasteiger partial charge in [0.25, 0.3) is 0 Å². The molecule has 0 saturated heterocycles. The number of para-hydroxylation sites is 2. The van der Waals surface area contributed by atoms with Crippen LogP contribution in [0.5, 0.6) is 0 Å². The molecule has 4 nitrogen and oxygen atoms in total. The second-order valence-electron chi connectivity index (χ2n) is 16.0. The maximum absolute atomic E-state index is 5.47. The fourth-order valence-electron chi connectivity index (χ4n) is 9.67. The van der Waals surface area contributed by atoms with Gasteiger partial charge >= 0.3 is 0 Å². The van der Waals surface area contributed by atoms with Gasteiger partial charge in [-0.1, -0.05) is 166 Å². The zero-order chi connectivity index (χ0) is 38.5. The molecule has 0 bridgehead atoms. The van der Waals surface area contributed by atoms with E-state index in [1.807, 2.05) is 18.2 Å². The second kappa shape index (κ2) is 12.3. The Kier molecular flexibility index (Phi) is 6.94. The van der Waals surface area contributed by atoms with Gasteiger partial charge in [-0.05, 0) is 84.9 Å². The molecule has 2 aromatic heterocycles. The molecule has 0 aliphatic heterocycles. The number of rotatable bonds is 4. The van der Waals surface area contributed by atoms with Crippen LogP contribution < -0.4 is 0 Å². The summed E-state index contributed by atoms with van der Waals surface area (Å²) < 4.78 is 2.41. The number of hydrogen-bond donors (Lipinski definition) is 0. The Morgan fingerprint density at radius 3 is 1.48 bits per heavy atom. The average molecular weight is 741 g/mol. The largest absolute Gasteiger partial charge is 0.308 e. The summed E-state index contributed by atoms with van der Waals surface area (Å²) in [5.74, 6) is 1.92. The zero-order valence-corrected chi connectivity index (χ0v) is 32.1. The van der Waals surface area contributed by atoms with Gasteiger partial charge in [-0.3, -0.25) is 0 Å². The Hall–Kier alpha value is -7.43. The molecular formula is C54H36N4. The summed E-state index contributed by atoms with van der Waals surface area (Å²) in [6.07, 6.45) is 0. The first-order valence-electron chi connectivity index (χ1n) is 20.0. The molecule has 272 valence electrons. The summed E-state index contributed by atoms with van der Waals surface area (Å²) >= 11 is 0. The van der Waals surface area contributed by atoms with E-state index in [4.69, 9.17) is 15.0 Å². The van der Waals surface area contributed by atoms with Gasteiger partial charge in [0.1, 0.15) is 0 Å². The third-order valence-electron chi connectivity index (χ3n) is 12.4. The maximum Gasteiger partial charge on any atom is 0.166 e. The Balaban J connectivity index is 1.20. The number of nitrogens with zero attached hydrogens (tertiary/aromatic N) is 4. The molecule has 11 aromatic rings. The predicted octanol–water partition coefficient (Wildman–Crippen LogP) is 13.7. The highest BCUT2D eigenvalue weighted by atomic mass is 15.1. The summed E-state index contributed by atoms with van der Waals surface area (Å²) in [6.45, 7) is 4.63. The first-order chi connectivity index (χ1) is 28.5. The van der Waals surface area contributed by atoms with E-state index in [0.29, 0.717) is 17.5 Å². The lowest BCUT2D eigenvalue weighted by atomic mass is 9.82. The van der Waals surface area contributed by atoms with E-state index < -0.39 is 0 Å². The van der Waals surface area contributed by atoms with Crippen molar-refractivity contribution in [2.24, 2.45) is 0 Å². The lowest BCUT2D eigenvalue weighted by molar-refractivity contribution is 0.660. The summed E-state index contributed by atoms with van der Waals surface area (Å²) in [5, 5.41) is 9.64. The van der Waals surface area contributed by atoms with Crippen LogP contribution in [0.4, 0.5) is 0 Å². The Labute approximate surface area is 335 Å². The molecule has 2 heterocycles. The molecule has 0 radical (unpaired) electrons. The van der Waals surface area contributed by atoms with E-state index in [0.717, 1.165) is 38.8 Å². The van der Waals surface area contributed by atoms with Gasteiger partial charge in [-0.15, -0.1) is 0 Å². The molecule has 0 atom stereocenters. The van der Waals surface area contributed by atoms with E-state index in [-0.39, 0.29) is 5.41 Å². The van der Waals surface area contributed by atoms with Gasteiger partial charge in [0.05, 0.1) is 16.7 Å². The zero-order valence-electron chi connectivity index (χ0n) is 32.1. The van der Waals surface area contributed by atoms with E-state index in [1.54, 1.807) is 0 Å². The minimum Gasteiger partial charge on any atom is -0.308 e. The van der Waals surface area contributed by atoms with Crippen LogP contribution >= 0.6 is 0 Å². The molecule has 58 heavy (non-hydrogen) atoms. The van der Waals surface area contributed by atoms with Crippen molar-refractivity contribution in [1.82, 2.24) is 19.5 Å². The molecule has 1 aliphatic rings. The van der Waals surface area contributed by atoms with Crippen molar-refractivity contribution in [1.29, 1.82) is 0 Å². The molecule has 1 aliphatic carbocycles. The van der Waals surface area contributed by atoms with Crippen LogP contribution in [0, 0.1) is 0 Å². The van der Waals surface area contributed by atoms with Crippen molar-refractivity contribution in [2.75, 3.05) is 0 Å². The summed E-state index contributed by atoms with van der Waals surface area (Å²) in [7, 11) is 0. The standard InChI is InChI=1S/C54H36N4/c1-54(2)46-25-13-10-22-39(46)40-29-28-34(30-47(40)54)52-55-51(33-16-4-3-5-17-33)56-53(57-52)45-31-43-37-20-8-6-18-35(37)36-19-7-9-21-38(36)44(43)32-50(45)58-48-26-14-11-23-41(48)42-24-12-15-27-49(42)58/h3-32H,1-2H3. The minimum absolute atomic E-state index is 0.161. The van der Waals surface area contributed by atoms with E-state index in [9.17, 15) is 0 Å². The van der Waals surface area contributed by atoms with Crippen LogP contribution in [0.1, 0.15) is 25.0 Å². The van der Waals surface area contributed by atoms with Gasteiger partial charge in [0, 0.05) is 32.9 Å². The van der Waals surface area contributed by atoms with Crippen LogP contribution in [0.2, 0.25) is 0 Å². The van der Waals surface area contributed by atoms with Crippen LogP contribution in [-0.4, -0.2) is 19.5 Å². The first-order valence-corrected chi connectivity index (χ1v) is 20.0. The molecule has 12 rings (SSSR count). The average Bonchev–Trinajstić information content (AvgIpc) is 3.74. The molecule has 0 saturated carbocycles. The number of fused-ring (bicyclic) bond motifs is 12. The van der Waals surface area contributed by atoms with Crippen molar-refractivity contribution in [3.63, 3.8) is 0 Å². The lowest BCUT2D eigenvalue weighted by Gasteiger charge is -2.22. The Morgan fingerprint density at radius 1 is 0.345 bits per heavy atom. The van der Waals surface area contributed by atoms with Gasteiger partial charge < -0.3 is 4.57 Å². The third-order valence-corrected chi connectivity index (χ3v) is 12.4. The molecule has 9 aromatic carbocycles. The summed E-state index contributed by atoms with van der Waals surface area (Å²) in [5.41, 5.74) is 11.2. The van der Waals surface area contributed by atoms with E-state index in [1.165, 1.54) is 60.0 Å². The molecular weight excluding hydrogens is 705 g/mol. The topological polar surface area (TPSA) is 43.6 Å². The molecule has 0 N–H and O–H groups in total. The fourth-order valence-corrected chi connectivity index (χ4v) is 9.67. The monoisotopic (exact) mass is 740 g/mol. The SMILES string of the molecule is CC1(C)c2ccccc2-c2ccc(-c3nc(-c4ccccc4)nc(-c4cc5c6ccccc6c6ccccc6c5cc4-n4c5ccccc5c5ccccc54)n3)cc21. The maximum atomic E-state index is 5.47. The highest BCUT2D eigenvalue weighted by molar-refractivity contribution is 6.26. The van der Waals surface area contributed by atoms with Crippen molar-refractivity contribution >= 4 is 54.1 Å². The Bertz CT molecular complexity index is 3430. The highest BCUT2D eigenvalue weighted by Gasteiger charge is 2.35. The van der Waals surface area contributed by atoms with Crippen molar-refractivity contribution < 1.29 is 0 Å². The van der Waals surface area contributed by atoms with Crippen molar-refractivity contribution in [2.45, 2.75) is 19.3 Å². The van der Waals surface area contributed by atoms with Crippen LogP contribution in [0.3, 0.4) is 0 Å². The van der Waals surface area contributed by atoms with E-state index >= 15 is 0 Å². The van der Waals surface area contributed by atoms with Crippen LogP contribution in [0.25, 0.3) is 105 Å². The number of benzene rings is 9. The number of hydrogen-bond acceptors (Lipinski definition) is 3. The minimum atomic E-state index is -0.161. The third kappa shape index (κ3) is 4.72. The van der Waals surface area contributed by atoms with Gasteiger partial charge in [-0.25, -0.2) is 15.0 Å². The van der Waals surface area contributed by atoms with Crippen molar-refractivity contribution in [3.8, 4) is 51.0 Å². The Morgan fingerprint density at radius 2 is 0.828 bits per heavy atom. The normalized spacial score (nSPS) is 13.1. The van der Waals surface area contributed by atoms with Gasteiger partial charge in [0.2, 0.25) is 0 Å². The van der Waals surface area contributed by atoms with Crippen molar-refractivity contribution in [3.05, 3.63) is 193 Å². The fraction of sp³-hybridized carbons (Fsp3) is 0.0556. The lowest BCUT2D eigenvalue weighted by Crippen LogP contribution is -2.15. The van der Waals surface area contributed by atoms with Gasteiger partial charge in [-0.2, -0.15) is 0 Å². The second-order valence-corrected chi connectivity index (χ2v) is 16.0. The van der Waals surface area contributed by atoms with Crippen LogP contribution in [0.15, 0.2) is 182 Å². The van der Waals surface area contributed by atoms with Gasteiger partial charge in [0.15, 0.2) is 17.5 Å². The number of aromatic nitrogens is 4. The predicted molar refractivity (Wildman–Crippen MR) is 241 cm³/mol. The smallest absolute Gasteiger partial charge is 0.166 e. The highest BCUT2D eigenvalue weighted by Crippen LogP contribution is 2.50. The molecule has 0 amide bonds.